The van der Waals surface area contributed by atoms with E-state index in [9.17, 15) is 18.0 Å². The van der Waals surface area contributed by atoms with Crippen molar-refractivity contribution >= 4 is 16.8 Å². The summed E-state index contributed by atoms with van der Waals surface area (Å²) in [5.74, 6) is -3.72. The van der Waals surface area contributed by atoms with E-state index in [1.165, 1.54) is 12.3 Å². The zero-order valence-electron chi connectivity index (χ0n) is 16.4. The maximum absolute atomic E-state index is 13.8. The summed E-state index contributed by atoms with van der Waals surface area (Å²) in [4.78, 5) is 16.9. The van der Waals surface area contributed by atoms with Crippen molar-refractivity contribution in [2.45, 2.75) is 44.6 Å². The number of fused-ring (bicyclic) bond motifs is 1. The summed E-state index contributed by atoms with van der Waals surface area (Å²) < 4.78 is 40.8. The quantitative estimate of drug-likeness (QED) is 0.566. The monoisotopic (exact) mass is 400 g/mol. The van der Waals surface area contributed by atoms with Crippen molar-refractivity contribution in [3.63, 3.8) is 0 Å². The molecule has 1 N–H and O–H groups in total. The Kier molecular flexibility index (Phi) is 5.91. The predicted octanol–water partition coefficient (Wildman–Crippen LogP) is 5.54. The molecule has 0 spiro atoms. The standard InChI is InChI=1S/C23H23F3N2O/c1-22(11-12-23(2,25)26,14-16-7-4-3-5-8-16)28-21(29)18-13-17-9-6-10-19(24)20(17)27-15-18/h3-10,13,15H,11-12,14H2,1-2H3,(H,28,29). The molecule has 1 amide bonds. The van der Waals surface area contributed by atoms with Crippen molar-refractivity contribution in [2.75, 3.05) is 0 Å². The molecule has 0 radical (unpaired) electrons. The number of aromatic nitrogens is 1. The molecule has 3 nitrogen and oxygen atoms in total. The Hall–Kier alpha value is -2.89. The second-order valence-corrected chi connectivity index (χ2v) is 7.78. The zero-order chi connectivity index (χ0) is 21.1. The van der Waals surface area contributed by atoms with Gasteiger partial charge < -0.3 is 5.32 Å². The molecule has 1 atom stereocenters. The van der Waals surface area contributed by atoms with Crippen LogP contribution in [0.15, 0.2) is 60.8 Å². The summed E-state index contributed by atoms with van der Waals surface area (Å²) in [7, 11) is 0. The first-order chi connectivity index (χ1) is 13.7. The summed E-state index contributed by atoms with van der Waals surface area (Å²) in [6, 6.07) is 15.5. The Morgan fingerprint density at radius 2 is 1.76 bits per heavy atom. The van der Waals surface area contributed by atoms with Crippen molar-refractivity contribution in [2.24, 2.45) is 0 Å². The molecular weight excluding hydrogens is 377 g/mol. The molecule has 0 saturated carbocycles. The number of hydrogen-bond donors (Lipinski definition) is 1. The van der Waals surface area contributed by atoms with Gasteiger partial charge in [0.1, 0.15) is 11.3 Å². The summed E-state index contributed by atoms with van der Waals surface area (Å²) in [6.45, 7) is 2.64. The van der Waals surface area contributed by atoms with E-state index in [1.54, 1.807) is 25.1 Å². The van der Waals surface area contributed by atoms with Gasteiger partial charge in [-0.15, -0.1) is 0 Å². The first-order valence-corrected chi connectivity index (χ1v) is 9.44. The number of alkyl halides is 2. The lowest BCUT2D eigenvalue weighted by Crippen LogP contribution is -2.48. The normalized spacial score (nSPS) is 13.8. The van der Waals surface area contributed by atoms with Crippen LogP contribution in [-0.4, -0.2) is 22.4 Å². The van der Waals surface area contributed by atoms with Gasteiger partial charge in [0.2, 0.25) is 5.92 Å². The van der Waals surface area contributed by atoms with Crippen LogP contribution in [0, 0.1) is 5.82 Å². The van der Waals surface area contributed by atoms with Gasteiger partial charge >= 0.3 is 0 Å². The number of carbonyl (C=O) groups is 1. The lowest BCUT2D eigenvalue weighted by Gasteiger charge is -2.32. The third-order valence-corrected chi connectivity index (χ3v) is 4.89. The Labute approximate surface area is 168 Å². The molecule has 0 aliphatic carbocycles. The third-order valence-electron chi connectivity index (χ3n) is 4.89. The van der Waals surface area contributed by atoms with Crippen LogP contribution in [0.4, 0.5) is 13.2 Å². The summed E-state index contributed by atoms with van der Waals surface area (Å²) in [5.41, 5.74) is 0.496. The average Bonchev–Trinajstić information content (AvgIpc) is 2.67. The largest absolute Gasteiger partial charge is 0.346 e. The van der Waals surface area contributed by atoms with Crippen LogP contribution in [0.2, 0.25) is 0 Å². The molecule has 1 heterocycles. The zero-order valence-corrected chi connectivity index (χ0v) is 16.4. The molecule has 29 heavy (non-hydrogen) atoms. The molecular formula is C23H23F3N2O. The second kappa shape index (κ2) is 8.23. The fourth-order valence-electron chi connectivity index (χ4n) is 3.33. The van der Waals surface area contributed by atoms with Crippen LogP contribution in [0.25, 0.3) is 10.9 Å². The van der Waals surface area contributed by atoms with E-state index < -0.39 is 23.2 Å². The Morgan fingerprint density at radius 1 is 1.03 bits per heavy atom. The summed E-state index contributed by atoms with van der Waals surface area (Å²) in [5, 5.41) is 3.41. The Bertz CT molecular complexity index is 1000. The van der Waals surface area contributed by atoms with Crippen LogP contribution in [-0.2, 0) is 6.42 Å². The van der Waals surface area contributed by atoms with Crippen molar-refractivity contribution in [3.8, 4) is 0 Å². The first-order valence-electron chi connectivity index (χ1n) is 9.44. The van der Waals surface area contributed by atoms with Crippen molar-refractivity contribution in [1.29, 1.82) is 0 Å². The van der Waals surface area contributed by atoms with Gasteiger partial charge in [0.25, 0.3) is 5.91 Å². The molecule has 0 saturated heterocycles. The topological polar surface area (TPSA) is 42.0 Å². The first kappa shape index (κ1) is 20.8. The maximum Gasteiger partial charge on any atom is 0.253 e. The van der Waals surface area contributed by atoms with Gasteiger partial charge in [0, 0.05) is 23.5 Å². The molecule has 0 bridgehead atoms. The molecule has 0 fully saturated rings. The molecule has 3 rings (SSSR count). The molecule has 1 unspecified atom stereocenters. The predicted molar refractivity (Wildman–Crippen MR) is 108 cm³/mol. The fraction of sp³-hybridized carbons (Fsp3) is 0.304. The highest BCUT2D eigenvalue weighted by Crippen LogP contribution is 2.27. The number of hydrogen-bond acceptors (Lipinski definition) is 2. The van der Waals surface area contributed by atoms with Crippen molar-refractivity contribution in [1.82, 2.24) is 10.3 Å². The van der Waals surface area contributed by atoms with Crippen LogP contribution >= 0.6 is 0 Å². The number of benzene rings is 2. The fourth-order valence-corrected chi connectivity index (χ4v) is 3.33. The third kappa shape index (κ3) is 5.56. The van der Waals surface area contributed by atoms with Gasteiger partial charge in [-0.3, -0.25) is 9.78 Å². The average molecular weight is 400 g/mol. The Balaban J connectivity index is 1.85. The number of nitrogens with zero attached hydrogens (tertiary/aromatic N) is 1. The van der Waals surface area contributed by atoms with E-state index in [1.807, 2.05) is 30.3 Å². The lowest BCUT2D eigenvalue weighted by atomic mass is 9.86. The molecule has 152 valence electrons. The van der Waals surface area contributed by atoms with Gasteiger partial charge in [-0.25, -0.2) is 13.2 Å². The van der Waals surface area contributed by atoms with Crippen molar-refractivity contribution in [3.05, 3.63) is 77.7 Å². The van der Waals surface area contributed by atoms with Gasteiger partial charge in [0.15, 0.2) is 0 Å². The summed E-state index contributed by atoms with van der Waals surface area (Å²) in [6.07, 6.45) is 1.47. The SMILES string of the molecule is CC(F)(F)CCC(C)(Cc1ccccc1)NC(=O)c1cnc2c(F)cccc2c1. The number of para-hydroxylation sites is 1. The van der Waals surface area contributed by atoms with E-state index in [2.05, 4.69) is 10.3 Å². The number of carbonyl (C=O) groups excluding carboxylic acids is 1. The molecule has 1 aromatic heterocycles. The summed E-state index contributed by atoms with van der Waals surface area (Å²) >= 11 is 0. The number of rotatable bonds is 7. The minimum Gasteiger partial charge on any atom is -0.346 e. The number of halogens is 3. The van der Waals surface area contributed by atoms with Crippen LogP contribution < -0.4 is 5.32 Å². The minimum atomic E-state index is -2.83. The van der Waals surface area contributed by atoms with E-state index in [0.29, 0.717) is 11.8 Å². The van der Waals surface area contributed by atoms with Gasteiger partial charge in [0.05, 0.1) is 5.56 Å². The van der Waals surface area contributed by atoms with E-state index in [-0.39, 0.29) is 23.9 Å². The number of nitrogens with one attached hydrogen (secondary N) is 1. The van der Waals surface area contributed by atoms with Crippen LogP contribution in [0.5, 0.6) is 0 Å². The van der Waals surface area contributed by atoms with E-state index in [0.717, 1.165) is 12.5 Å². The van der Waals surface area contributed by atoms with Crippen LogP contribution in [0.1, 0.15) is 42.6 Å². The molecule has 3 aromatic rings. The molecule has 0 aliphatic rings. The van der Waals surface area contributed by atoms with Crippen molar-refractivity contribution < 1.29 is 18.0 Å². The van der Waals surface area contributed by atoms with Gasteiger partial charge in [-0.05, 0) is 44.4 Å². The number of pyridine rings is 1. The molecule has 6 heteroatoms. The molecule has 2 aromatic carbocycles. The minimum absolute atomic E-state index is 0.104. The highest BCUT2D eigenvalue weighted by molar-refractivity contribution is 5.97. The second-order valence-electron chi connectivity index (χ2n) is 7.78. The van der Waals surface area contributed by atoms with Gasteiger partial charge in [-0.1, -0.05) is 42.5 Å². The highest BCUT2D eigenvalue weighted by Gasteiger charge is 2.32. The molecule has 0 aliphatic heterocycles. The Morgan fingerprint density at radius 3 is 2.45 bits per heavy atom. The smallest absolute Gasteiger partial charge is 0.253 e. The van der Waals surface area contributed by atoms with E-state index in [4.69, 9.17) is 0 Å². The van der Waals surface area contributed by atoms with Crippen LogP contribution in [0.3, 0.4) is 0 Å². The lowest BCUT2D eigenvalue weighted by molar-refractivity contribution is 0.00354. The van der Waals surface area contributed by atoms with Gasteiger partial charge in [-0.2, -0.15) is 0 Å². The maximum atomic E-state index is 13.8. The van der Waals surface area contributed by atoms with E-state index >= 15 is 0 Å². The number of amides is 1. The highest BCUT2D eigenvalue weighted by atomic mass is 19.3.